The molecule has 0 fully saturated rings. The van der Waals surface area contributed by atoms with Crippen LogP contribution in [0.5, 0.6) is 0 Å². The molecular weight excluding hydrogens is 306 g/mol. The third-order valence-electron chi connectivity index (χ3n) is 3.96. The van der Waals surface area contributed by atoms with Crippen LogP contribution in [0.25, 0.3) is 0 Å². The summed E-state index contributed by atoms with van der Waals surface area (Å²) in [5.41, 5.74) is 8.00. The predicted molar refractivity (Wildman–Crippen MR) is 93.7 cm³/mol. The average Bonchev–Trinajstić information content (AvgIpc) is 2.49. The number of nitrogens with one attached hydrogen (secondary N) is 1. The van der Waals surface area contributed by atoms with Crippen molar-refractivity contribution in [3.8, 4) is 0 Å². The van der Waals surface area contributed by atoms with E-state index in [9.17, 15) is 9.59 Å². The van der Waals surface area contributed by atoms with Crippen molar-refractivity contribution in [1.29, 1.82) is 0 Å². The Bertz CT molecular complexity index is 622. The van der Waals surface area contributed by atoms with Gasteiger partial charge in [-0.05, 0) is 56.9 Å². The maximum atomic E-state index is 12.2. The zero-order valence-corrected chi connectivity index (χ0v) is 14.9. The van der Waals surface area contributed by atoms with E-state index in [-0.39, 0.29) is 12.0 Å². The van der Waals surface area contributed by atoms with Gasteiger partial charge >= 0.3 is 6.09 Å². The molecule has 1 atom stereocenters. The highest BCUT2D eigenvalue weighted by molar-refractivity contribution is 5.83. The number of rotatable bonds is 4. The van der Waals surface area contributed by atoms with E-state index in [1.165, 1.54) is 5.56 Å². The van der Waals surface area contributed by atoms with E-state index in [1.807, 2.05) is 45.9 Å². The molecule has 0 radical (unpaired) electrons. The lowest BCUT2D eigenvalue weighted by atomic mass is 9.99. The monoisotopic (exact) mass is 333 g/mol. The van der Waals surface area contributed by atoms with Gasteiger partial charge in [0.15, 0.2) is 0 Å². The summed E-state index contributed by atoms with van der Waals surface area (Å²) in [5, 5.41) is 3.15. The van der Waals surface area contributed by atoms with Gasteiger partial charge in [-0.1, -0.05) is 13.0 Å². The van der Waals surface area contributed by atoms with Crippen LogP contribution in [0.2, 0.25) is 0 Å². The van der Waals surface area contributed by atoms with Gasteiger partial charge in [-0.15, -0.1) is 0 Å². The molecule has 132 valence electrons. The first kappa shape index (κ1) is 18.1. The summed E-state index contributed by atoms with van der Waals surface area (Å²) >= 11 is 0. The summed E-state index contributed by atoms with van der Waals surface area (Å²) in [7, 11) is 0. The number of nitrogens with two attached hydrogens (primary N) is 1. The van der Waals surface area contributed by atoms with Gasteiger partial charge in [0, 0.05) is 18.8 Å². The molecule has 3 N–H and O–H groups in total. The van der Waals surface area contributed by atoms with Crippen LogP contribution in [-0.4, -0.2) is 35.1 Å². The maximum Gasteiger partial charge on any atom is 0.410 e. The van der Waals surface area contributed by atoms with Crippen molar-refractivity contribution in [2.24, 2.45) is 5.73 Å². The first-order valence-corrected chi connectivity index (χ1v) is 8.35. The predicted octanol–water partition coefficient (Wildman–Crippen LogP) is 2.66. The van der Waals surface area contributed by atoms with Gasteiger partial charge in [0.25, 0.3) is 0 Å². The summed E-state index contributed by atoms with van der Waals surface area (Å²) in [6, 6.07) is 5.58. The first-order chi connectivity index (χ1) is 11.2. The highest BCUT2D eigenvalue weighted by atomic mass is 16.6. The Hall–Kier alpha value is -2.24. The van der Waals surface area contributed by atoms with Crippen LogP contribution in [0.3, 0.4) is 0 Å². The van der Waals surface area contributed by atoms with Gasteiger partial charge in [-0.25, -0.2) is 4.79 Å². The summed E-state index contributed by atoms with van der Waals surface area (Å²) in [6.07, 6.45) is 1.12. The Morgan fingerprint density at radius 1 is 1.33 bits per heavy atom. The third-order valence-corrected chi connectivity index (χ3v) is 3.96. The zero-order valence-electron chi connectivity index (χ0n) is 14.9. The highest BCUT2D eigenvalue weighted by Gasteiger charge is 2.26. The van der Waals surface area contributed by atoms with Crippen LogP contribution in [-0.2, 0) is 22.5 Å². The van der Waals surface area contributed by atoms with Crippen molar-refractivity contribution in [2.45, 2.75) is 58.7 Å². The van der Waals surface area contributed by atoms with E-state index in [0.717, 1.165) is 17.7 Å². The van der Waals surface area contributed by atoms with Gasteiger partial charge in [-0.2, -0.15) is 0 Å². The molecule has 0 saturated carbocycles. The maximum absolute atomic E-state index is 12.2. The molecule has 1 aliphatic heterocycles. The fourth-order valence-corrected chi connectivity index (χ4v) is 2.70. The molecule has 0 spiro atoms. The fraction of sp³-hybridized carbons (Fsp3) is 0.556. The first-order valence-electron chi connectivity index (χ1n) is 8.35. The Balaban J connectivity index is 2.11. The minimum Gasteiger partial charge on any atom is -0.444 e. The van der Waals surface area contributed by atoms with Crippen LogP contribution >= 0.6 is 0 Å². The number of ether oxygens (including phenoxy) is 1. The number of hydrogen-bond acceptors (Lipinski definition) is 4. The van der Waals surface area contributed by atoms with Gasteiger partial charge in [-0.3, -0.25) is 4.79 Å². The Morgan fingerprint density at radius 3 is 2.62 bits per heavy atom. The van der Waals surface area contributed by atoms with E-state index in [1.54, 1.807) is 4.90 Å². The average molecular weight is 333 g/mol. The highest BCUT2D eigenvalue weighted by Crippen LogP contribution is 2.24. The molecule has 1 aromatic carbocycles. The molecule has 1 aromatic rings. The van der Waals surface area contributed by atoms with Crippen molar-refractivity contribution in [2.75, 3.05) is 11.9 Å². The second-order valence-corrected chi connectivity index (χ2v) is 7.14. The van der Waals surface area contributed by atoms with E-state index in [2.05, 4.69) is 5.32 Å². The number of amides is 2. The van der Waals surface area contributed by atoms with Crippen LogP contribution in [0, 0.1) is 0 Å². The number of carbonyl (C=O) groups is 2. The molecule has 24 heavy (non-hydrogen) atoms. The van der Waals surface area contributed by atoms with E-state index in [4.69, 9.17) is 10.5 Å². The molecule has 0 bridgehead atoms. The van der Waals surface area contributed by atoms with Crippen LogP contribution < -0.4 is 11.1 Å². The summed E-state index contributed by atoms with van der Waals surface area (Å²) in [5.74, 6) is -0.370. The number of anilines is 1. The number of nitrogens with zero attached hydrogens (tertiary/aromatic N) is 1. The van der Waals surface area contributed by atoms with Crippen molar-refractivity contribution in [3.63, 3.8) is 0 Å². The minimum atomic E-state index is -0.503. The molecule has 6 nitrogen and oxygen atoms in total. The molecule has 0 unspecified atom stereocenters. The lowest BCUT2D eigenvalue weighted by molar-refractivity contribution is -0.118. The van der Waals surface area contributed by atoms with Crippen molar-refractivity contribution in [1.82, 2.24) is 4.90 Å². The molecular formula is C18H27N3O3. The second kappa shape index (κ2) is 7.11. The Kier molecular flexibility index (Phi) is 5.36. The molecule has 2 amide bonds. The quantitative estimate of drug-likeness (QED) is 0.887. The number of fused-ring (bicyclic) bond motifs is 1. The van der Waals surface area contributed by atoms with Crippen LogP contribution in [0.15, 0.2) is 18.2 Å². The van der Waals surface area contributed by atoms with E-state index in [0.29, 0.717) is 19.5 Å². The largest absolute Gasteiger partial charge is 0.444 e. The van der Waals surface area contributed by atoms with Crippen LogP contribution in [0.4, 0.5) is 10.5 Å². The summed E-state index contributed by atoms with van der Waals surface area (Å²) in [6.45, 7) is 8.64. The minimum absolute atomic E-state index is 0.296. The molecule has 1 aliphatic rings. The number of benzene rings is 1. The van der Waals surface area contributed by atoms with Crippen molar-refractivity contribution < 1.29 is 14.3 Å². The summed E-state index contributed by atoms with van der Waals surface area (Å²) in [4.78, 5) is 25.3. The van der Waals surface area contributed by atoms with Crippen molar-refractivity contribution >= 4 is 17.7 Å². The second-order valence-electron chi connectivity index (χ2n) is 7.14. The van der Waals surface area contributed by atoms with Crippen LogP contribution in [0.1, 0.15) is 45.2 Å². The number of hydrogen-bond donors (Lipinski definition) is 2. The SMILES string of the molecule is CC[C@@H](Nc1ccc2c(c1)CN(C(=O)OC(C)(C)C)CC2)C(N)=O. The lowest BCUT2D eigenvalue weighted by Crippen LogP contribution is -2.40. The zero-order chi connectivity index (χ0) is 17.9. The molecule has 1 heterocycles. The van der Waals surface area contributed by atoms with Gasteiger partial charge in [0.1, 0.15) is 11.6 Å². The topological polar surface area (TPSA) is 84.7 Å². The number of carbonyl (C=O) groups excluding carboxylic acids is 2. The number of primary amides is 1. The third kappa shape index (κ3) is 4.63. The molecule has 0 saturated heterocycles. The lowest BCUT2D eigenvalue weighted by Gasteiger charge is -2.31. The Labute approximate surface area is 143 Å². The molecule has 2 rings (SSSR count). The van der Waals surface area contributed by atoms with E-state index >= 15 is 0 Å². The smallest absolute Gasteiger partial charge is 0.410 e. The molecule has 6 heteroatoms. The van der Waals surface area contributed by atoms with Crippen molar-refractivity contribution in [3.05, 3.63) is 29.3 Å². The van der Waals surface area contributed by atoms with E-state index < -0.39 is 11.6 Å². The molecule has 0 aromatic heterocycles. The Morgan fingerprint density at radius 2 is 2.04 bits per heavy atom. The standard InChI is InChI=1S/C18H27N3O3/c1-5-15(16(19)22)20-14-7-6-12-8-9-21(11-13(12)10-14)17(23)24-18(2,3)4/h6-7,10,15,20H,5,8-9,11H2,1-4H3,(H2,19,22)/t15-/m1/s1. The normalized spacial score (nSPS) is 15.4. The van der Waals surface area contributed by atoms with Gasteiger partial charge < -0.3 is 20.7 Å². The van der Waals surface area contributed by atoms with Gasteiger partial charge in [0.2, 0.25) is 5.91 Å². The van der Waals surface area contributed by atoms with Gasteiger partial charge in [0.05, 0.1) is 0 Å². The fourth-order valence-electron chi connectivity index (χ4n) is 2.70. The summed E-state index contributed by atoms with van der Waals surface area (Å²) < 4.78 is 5.45. The molecule has 0 aliphatic carbocycles.